The van der Waals surface area contributed by atoms with Crippen LogP contribution in [0.3, 0.4) is 0 Å². The fraction of sp³-hybridized carbons (Fsp3) is 0.714. The topological polar surface area (TPSA) is 55.4 Å². The molecular formula is C14H21N2O3+. The summed E-state index contributed by atoms with van der Waals surface area (Å²) in [6.45, 7) is 7.11. The summed E-state index contributed by atoms with van der Waals surface area (Å²) in [5.74, 6) is -0.459. The second-order valence-corrected chi connectivity index (χ2v) is 6.28. The Balaban J connectivity index is 2.03. The van der Waals surface area contributed by atoms with Gasteiger partial charge in [-0.3, -0.25) is 0 Å². The summed E-state index contributed by atoms with van der Waals surface area (Å²) >= 11 is 0. The van der Waals surface area contributed by atoms with Crippen LogP contribution in [0.5, 0.6) is 0 Å². The van der Waals surface area contributed by atoms with E-state index in [9.17, 15) is 9.59 Å². The number of carbonyl (C=O) groups is 2. The fourth-order valence-electron chi connectivity index (χ4n) is 3.72. The standard InChI is InChI=1S/C14H21N2O3/c1-5-16(4)12(17)9-10(13(16)18)19-14(3)6-8(2)7-15-11(9)14/h6,9-11,15H,5,7H2,1-4H3/q+1. The van der Waals surface area contributed by atoms with Gasteiger partial charge in [-0.25, -0.2) is 9.59 Å². The average Bonchev–Trinajstić information content (AvgIpc) is 2.75. The number of hydrogen-bond acceptors (Lipinski definition) is 4. The number of likely N-dealkylation sites (N-methyl/N-ethyl adjacent to an activating group) is 1. The molecule has 1 N–H and O–H groups in total. The highest BCUT2D eigenvalue weighted by atomic mass is 16.5. The van der Waals surface area contributed by atoms with Crippen LogP contribution in [0.4, 0.5) is 0 Å². The lowest BCUT2D eigenvalue weighted by Gasteiger charge is -2.36. The number of imide groups is 1. The maximum absolute atomic E-state index is 12.6. The van der Waals surface area contributed by atoms with Gasteiger partial charge in [0, 0.05) is 6.54 Å². The molecule has 0 radical (unpaired) electrons. The molecule has 5 nitrogen and oxygen atoms in total. The molecule has 5 unspecified atom stereocenters. The minimum absolute atomic E-state index is 0.00771. The molecule has 0 bridgehead atoms. The van der Waals surface area contributed by atoms with Gasteiger partial charge in [-0.1, -0.05) is 11.6 Å². The zero-order valence-corrected chi connectivity index (χ0v) is 11.9. The van der Waals surface area contributed by atoms with Crippen LogP contribution in [0.15, 0.2) is 11.6 Å². The van der Waals surface area contributed by atoms with Crippen LogP contribution in [0, 0.1) is 5.92 Å². The van der Waals surface area contributed by atoms with Crippen molar-refractivity contribution in [1.82, 2.24) is 5.32 Å². The van der Waals surface area contributed by atoms with E-state index in [0.717, 1.165) is 6.54 Å². The highest BCUT2D eigenvalue weighted by Gasteiger charge is 2.70. The largest absolute Gasteiger partial charge is 0.351 e. The van der Waals surface area contributed by atoms with Gasteiger partial charge in [0.15, 0.2) is 6.10 Å². The number of carbonyl (C=O) groups excluding carboxylic acids is 2. The molecule has 2 amide bonds. The van der Waals surface area contributed by atoms with Gasteiger partial charge < -0.3 is 10.1 Å². The number of nitrogens with zero attached hydrogens (tertiary/aromatic N) is 1. The molecule has 104 valence electrons. The summed E-state index contributed by atoms with van der Waals surface area (Å²) in [6.07, 6.45) is 1.46. The van der Waals surface area contributed by atoms with Crippen molar-refractivity contribution in [3.8, 4) is 0 Å². The van der Waals surface area contributed by atoms with Crippen molar-refractivity contribution in [2.45, 2.75) is 38.5 Å². The van der Waals surface area contributed by atoms with Crippen molar-refractivity contribution in [3.63, 3.8) is 0 Å². The van der Waals surface area contributed by atoms with Crippen molar-refractivity contribution in [2.75, 3.05) is 20.1 Å². The average molecular weight is 265 g/mol. The molecule has 3 heterocycles. The second-order valence-electron chi connectivity index (χ2n) is 6.28. The van der Waals surface area contributed by atoms with E-state index in [2.05, 4.69) is 11.4 Å². The zero-order valence-electron chi connectivity index (χ0n) is 11.9. The van der Waals surface area contributed by atoms with Gasteiger partial charge in [-0.05, 0) is 20.8 Å². The van der Waals surface area contributed by atoms with E-state index in [1.807, 2.05) is 20.8 Å². The number of fused-ring (bicyclic) bond motifs is 3. The van der Waals surface area contributed by atoms with E-state index in [4.69, 9.17) is 4.74 Å². The van der Waals surface area contributed by atoms with Crippen molar-refractivity contribution in [2.24, 2.45) is 5.92 Å². The first kappa shape index (κ1) is 13.0. The smallest absolute Gasteiger partial charge is 0.350 e. The van der Waals surface area contributed by atoms with Gasteiger partial charge in [0.2, 0.25) is 0 Å². The monoisotopic (exact) mass is 265 g/mol. The number of likely N-dealkylation sites (tertiary alicyclic amines) is 1. The zero-order chi connectivity index (χ0) is 14.0. The minimum Gasteiger partial charge on any atom is -0.351 e. The summed E-state index contributed by atoms with van der Waals surface area (Å²) in [4.78, 5) is 25.1. The predicted molar refractivity (Wildman–Crippen MR) is 69.1 cm³/mol. The normalized spacial score (nSPS) is 49.1. The lowest BCUT2D eigenvalue weighted by Crippen LogP contribution is -2.57. The maximum atomic E-state index is 12.6. The third-order valence-electron chi connectivity index (χ3n) is 4.95. The Hall–Kier alpha value is -1.04. The highest BCUT2D eigenvalue weighted by Crippen LogP contribution is 2.45. The third kappa shape index (κ3) is 1.46. The minimum atomic E-state index is -0.595. The summed E-state index contributed by atoms with van der Waals surface area (Å²) in [5, 5.41) is 3.38. The van der Waals surface area contributed by atoms with Gasteiger partial charge in [-0.2, -0.15) is 4.48 Å². The first-order chi connectivity index (χ1) is 8.83. The Kier molecular flexibility index (Phi) is 2.56. The van der Waals surface area contributed by atoms with E-state index < -0.39 is 11.7 Å². The summed E-state index contributed by atoms with van der Waals surface area (Å²) in [7, 11) is 1.70. The first-order valence-electron chi connectivity index (χ1n) is 6.87. The third-order valence-corrected chi connectivity index (χ3v) is 4.95. The number of rotatable bonds is 1. The van der Waals surface area contributed by atoms with E-state index in [1.165, 1.54) is 5.57 Å². The number of ether oxygens (including phenoxy) is 1. The molecule has 19 heavy (non-hydrogen) atoms. The Morgan fingerprint density at radius 3 is 2.79 bits per heavy atom. The number of hydrogen-bond donors (Lipinski definition) is 1. The van der Waals surface area contributed by atoms with Crippen LogP contribution in [-0.2, 0) is 14.3 Å². The van der Waals surface area contributed by atoms with Crippen LogP contribution < -0.4 is 5.32 Å². The Morgan fingerprint density at radius 2 is 2.16 bits per heavy atom. The molecule has 3 aliphatic rings. The van der Waals surface area contributed by atoms with E-state index in [1.54, 1.807) is 7.05 Å². The van der Waals surface area contributed by atoms with Crippen molar-refractivity contribution < 1.29 is 18.8 Å². The van der Waals surface area contributed by atoms with Gasteiger partial charge in [0.25, 0.3) is 0 Å². The molecule has 0 aromatic rings. The lowest BCUT2D eigenvalue weighted by atomic mass is 9.84. The van der Waals surface area contributed by atoms with E-state index >= 15 is 0 Å². The van der Waals surface area contributed by atoms with Crippen LogP contribution >= 0.6 is 0 Å². The van der Waals surface area contributed by atoms with Crippen molar-refractivity contribution in [1.29, 1.82) is 0 Å². The molecular weight excluding hydrogens is 244 g/mol. The second kappa shape index (κ2) is 3.75. The van der Waals surface area contributed by atoms with Crippen LogP contribution in [0.2, 0.25) is 0 Å². The van der Waals surface area contributed by atoms with Crippen LogP contribution in [-0.4, -0.2) is 54.2 Å². The summed E-state index contributed by atoms with van der Waals surface area (Å²) < 4.78 is 5.87. The Bertz CT molecular complexity index is 501. The summed E-state index contributed by atoms with van der Waals surface area (Å²) in [6, 6.07) is -0.0934. The predicted octanol–water partition coefficient (Wildman–Crippen LogP) is 0.211. The maximum Gasteiger partial charge on any atom is 0.350 e. The quantitative estimate of drug-likeness (QED) is 0.418. The van der Waals surface area contributed by atoms with Crippen LogP contribution in [0.1, 0.15) is 20.8 Å². The molecule has 0 aromatic carbocycles. The van der Waals surface area contributed by atoms with Crippen molar-refractivity contribution in [3.05, 3.63) is 11.6 Å². The first-order valence-corrected chi connectivity index (χ1v) is 6.87. The van der Waals surface area contributed by atoms with Crippen LogP contribution in [0.25, 0.3) is 0 Å². The molecule has 2 fully saturated rings. The van der Waals surface area contributed by atoms with E-state index in [0.29, 0.717) is 6.54 Å². The van der Waals surface area contributed by atoms with Gasteiger partial charge in [0.1, 0.15) is 11.5 Å². The number of amides is 2. The molecule has 0 aliphatic carbocycles. The number of quaternary nitrogens is 1. The summed E-state index contributed by atoms with van der Waals surface area (Å²) in [5.41, 5.74) is 0.647. The molecule has 3 rings (SSSR count). The van der Waals surface area contributed by atoms with Gasteiger partial charge in [0.05, 0.1) is 19.6 Å². The Morgan fingerprint density at radius 1 is 1.47 bits per heavy atom. The molecule has 0 aromatic heterocycles. The number of nitrogens with one attached hydrogen (secondary N) is 1. The fourth-order valence-corrected chi connectivity index (χ4v) is 3.72. The molecule has 2 saturated heterocycles. The molecule has 0 spiro atoms. The van der Waals surface area contributed by atoms with Gasteiger partial charge in [-0.15, -0.1) is 0 Å². The van der Waals surface area contributed by atoms with Crippen molar-refractivity contribution >= 4 is 11.8 Å². The van der Waals surface area contributed by atoms with Gasteiger partial charge >= 0.3 is 11.8 Å². The molecule has 5 heteroatoms. The lowest BCUT2D eigenvalue weighted by molar-refractivity contribution is -0.751. The SMILES string of the molecule is CC[N+]1(C)C(=O)C2OC3(C)C=C(C)CNC3C2C1=O. The highest BCUT2D eigenvalue weighted by molar-refractivity contribution is 5.98. The van der Waals surface area contributed by atoms with E-state index in [-0.39, 0.29) is 28.3 Å². The molecule has 3 aliphatic heterocycles. The molecule has 0 saturated carbocycles. The Labute approximate surface area is 113 Å². The molecule has 5 atom stereocenters.